The maximum absolute atomic E-state index is 13.7. The number of hydrogen-bond acceptors (Lipinski definition) is 8. The smallest absolute Gasteiger partial charge is 0.419 e. The number of likely N-dealkylation sites (tertiary alicyclic amines) is 1. The Kier molecular flexibility index (Phi) is 7.53. The number of rotatable bonds is 6. The van der Waals surface area contributed by atoms with Gasteiger partial charge in [-0.2, -0.15) is 8.42 Å². The SMILES string of the molecule is Cc1nc(S(=O)(=O)Oc2ccc(-c3cc4cc(CN5CCCCC5)ccc4n3C(=O)OC(C)(C)C)c3c2CNC3=O)cn1C. The molecule has 232 valence electrons. The second-order valence-corrected chi connectivity index (χ2v) is 14.0. The van der Waals surface area contributed by atoms with Gasteiger partial charge in [0, 0.05) is 42.8 Å². The van der Waals surface area contributed by atoms with Gasteiger partial charge in [0.1, 0.15) is 17.2 Å². The van der Waals surface area contributed by atoms with Gasteiger partial charge in [0.25, 0.3) is 5.91 Å². The van der Waals surface area contributed by atoms with Crippen LogP contribution in [0.4, 0.5) is 4.79 Å². The van der Waals surface area contributed by atoms with Gasteiger partial charge in [-0.25, -0.2) is 14.3 Å². The summed E-state index contributed by atoms with van der Waals surface area (Å²) in [7, 11) is -2.57. The molecule has 2 aromatic heterocycles. The van der Waals surface area contributed by atoms with Crippen LogP contribution in [-0.2, 0) is 35.0 Å². The summed E-state index contributed by atoms with van der Waals surface area (Å²) in [6.07, 6.45) is 4.44. The summed E-state index contributed by atoms with van der Waals surface area (Å²) < 4.78 is 40.6. The number of carbonyl (C=O) groups excluding carboxylic acids is 2. The van der Waals surface area contributed by atoms with E-state index in [1.165, 1.54) is 36.1 Å². The molecule has 12 heteroatoms. The van der Waals surface area contributed by atoms with Crippen molar-refractivity contribution in [1.29, 1.82) is 0 Å². The lowest BCUT2D eigenvalue weighted by molar-refractivity contribution is 0.0546. The Balaban J connectivity index is 1.45. The number of benzene rings is 2. The number of piperidine rings is 1. The molecule has 0 aliphatic carbocycles. The van der Waals surface area contributed by atoms with Gasteiger partial charge >= 0.3 is 16.2 Å². The van der Waals surface area contributed by atoms with Crippen molar-refractivity contribution in [3.05, 3.63) is 65.1 Å². The number of imidazole rings is 1. The van der Waals surface area contributed by atoms with Crippen LogP contribution in [-0.4, -0.2) is 58.1 Å². The summed E-state index contributed by atoms with van der Waals surface area (Å²) in [6.45, 7) is 10.1. The van der Waals surface area contributed by atoms with E-state index in [-0.39, 0.29) is 22.9 Å². The molecule has 4 aromatic rings. The Hall–Kier alpha value is -4.16. The monoisotopic (exact) mass is 619 g/mol. The first kappa shape index (κ1) is 29.9. The van der Waals surface area contributed by atoms with Crippen molar-refractivity contribution in [2.45, 2.75) is 70.7 Å². The lowest BCUT2D eigenvalue weighted by Gasteiger charge is -2.26. The number of aromatic nitrogens is 3. The topological polar surface area (TPSA) is 125 Å². The number of fused-ring (bicyclic) bond motifs is 2. The third-order valence-electron chi connectivity index (χ3n) is 8.04. The zero-order valence-electron chi connectivity index (χ0n) is 25.6. The molecule has 0 saturated carbocycles. The first-order chi connectivity index (χ1) is 20.8. The molecule has 2 aromatic carbocycles. The number of nitrogens with zero attached hydrogens (tertiary/aromatic N) is 4. The Morgan fingerprint density at radius 3 is 2.50 bits per heavy atom. The van der Waals surface area contributed by atoms with Gasteiger partial charge in [-0.15, -0.1) is 0 Å². The molecule has 0 unspecified atom stereocenters. The fraction of sp³-hybridized carbons (Fsp3) is 0.406. The van der Waals surface area contributed by atoms with Crippen LogP contribution in [0.15, 0.2) is 47.6 Å². The molecule has 1 fully saturated rings. The number of aryl methyl sites for hydroxylation is 2. The normalized spacial score (nSPS) is 15.8. The minimum atomic E-state index is -4.27. The molecule has 0 atom stereocenters. The summed E-state index contributed by atoms with van der Waals surface area (Å²) in [6, 6.07) is 11.0. The summed E-state index contributed by atoms with van der Waals surface area (Å²) >= 11 is 0. The molecule has 44 heavy (non-hydrogen) atoms. The number of hydrogen-bond donors (Lipinski definition) is 1. The summed E-state index contributed by atoms with van der Waals surface area (Å²) in [5, 5.41) is 3.40. The predicted molar refractivity (Wildman–Crippen MR) is 165 cm³/mol. The fourth-order valence-electron chi connectivity index (χ4n) is 5.86. The molecule has 0 radical (unpaired) electrons. The number of amides is 1. The van der Waals surface area contributed by atoms with Crippen LogP contribution >= 0.6 is 0 Å². The van der Waals surface area contributed by atoms with Crippen molar-refractivity contribution in [1.82, 2.24) is 24.3 Å². The van der Waals surface area contributed by atoms with Crippen LogP contribution in [0.2, 0.25) is 0 Å². The summed E-state index contributed by atoms with van der Waals surface area (Å²) in [4.78, 5) is 33.4. The van der Waals surface area contributed by atoms with Gasteiger partial charge in [0.2, 0.25) is 5.03 Å². The minimum Gasteiger partial charge on any atom is -0.443 e. The van der Waals surface area contributed by atoms with Crippen LogP contribution in [0.3, 0.4) is 0 Å². The van der Waals surface area contributed by atoms with E-state index in [0.29, 0.717) is 28.2 Å². The molecule has 0 spiro atoms. The van der Waals surface area contributed by atoms with E-state index < -0.39 is 27.7 Å². The average Bonchev–Trinajstić information content (AvgIpc) is 3.63. The number of carbonyl (C=O) groups is 2. The standard InChI is InChI=1S/C32H37N5O6S/c1-20-34-28(19-35(20)5)44(40,41)43-27-12-10-23(29-24(27)17-33-30(29)38)26-16-22-15-21(18-36-13-7-6-8-14-36)9-11-25(22)37(26)31(39)42-32(2,3)4/h9-12,15-16,19H,6-8,13-14,17-18H2,1-5H3,(H,33,38). The van der Waals surface area contributed by atoms with Gasteiger partial charge < -0.3 is 18.8 Å². The number of nitrogens with one attached hydrogen (secondary N) is 1. The van der Waals surface area contributed by atoms with Crippen LogP contribution in [0.1, 0.15) is 67.3 Å². The molecule has 6 rings (SSSR count). The van der Waals surface area contributed by atoms with Crippen LogP contribution in [0.5, 0.6) is 5.75 Å². The summed E-state index contributed by atoms with van der Waals surface area (Å²) in [5.41, 5.74) is 2.59. The van der Waals surface area contributed by atoms with Gasteiger partial charge in [-0.05, 0) is 89.5 Å². The Morgan fingerprint density at radius 1 is 1.07 bits per heavy atom. The molecular weight excluding hydrogens is 582 g/mol. The first-order valence-corrected chi connectivity index (χ1v) is 16.2. The van der Waals surface area contributed by atoms with Crippen molar-refractivity contribution >= 4 is 33.0 Å². The summed E-state index contributed by atoms with van der Waals surface area (Å²) in [5.74, 6) is 0.145. The molecular formula is C32H37N5O6S. The first-order valence-electron chi connectivity index (χ1n) is 14.8. The highest BCUT2D eigenvalue weighted by Gasteiger charge is 2.33. The molecule has 4 heterocycles. The molecule has 1 N–H and O–H groups in total. The lowest BCUT2D eigenvalue weighted by atomic mass is 9.99. The van der Waals surface area contributed by atoms with Crippen molar-refractivity contribution in [2.75, 3.05) is 13.1 Å². The van der Waals surface area contributed by atoms with E-state index in [0.717, 1.165) is 30.6 Å². The van der Waals surface area contributed by atoms with E-state index in [1.54, 1.807) is 45.4 Å². The Labute approximate surface area is 256 Å². The second kappa shape index (κ2) is 11.1. The lowest BCUT2D eigenvalue weighted by Crippen LogP contribution is -2.29. The van der Waals surface area contributed by atoms with Crippen molar-refractivity contribution in [3.63, 3.8) is 0 Å². The van der Waals surface area contributed by atoms with Gasteiger partial charge in [0.15, 0.2) is 0 Å². The average molecular weight is 620 g/mol. The Morgan fingerprint density at radius 2 is 1.82 bits per heavy atom. The molecule has 1 saturated heterocycles. The van der Waals surface area contributed by atoms with Crippen LogP contribution in [0.25, 0.3) is 22.2 Å². The van der Waals surface area contributed by atoms with E-state index >= 15 is 0 Å². The largest absolute Gasteiger partial charge is 0.443 e. The van der Waals surface area contributed by atoms with E-state index in [9.17, 15) is 18.0 Å². The predicted octanol–water partition coefficient (Wildman–Crippen LogP) is 5.13. The Bertz CT molecular complexity index is 1870. The van der Waals surface area contributed by atoms with E-state index in [1.807, 2.05) is 18.2 Å². The van der Waals surface area contributed by atoms with Gasteiger partial charge in [-0.1, -0.05) is 12.5 Å². The number of ether oxygens (including phenoxy) is 1. The van der Waals surface area contributed by atoms with Crippen LogP contribution < -0.4 is 9.50 Å². The third kappa shape index (κ3) is 5.71. The molecule has 0 bridgehead atoms. The van der Waals surface area contributed by atoms with Gasteiger partial charge in [0.05, 0.1) is 16.8 Å². The quantitative estimate of drug-likeness (QED) is 0.295. The van der Waals surface area contributed by atoms with Crippen LogP contribution in [0, 0.1) is 6.92 Å². The minimum absolute atomic E-state index is 0.0224. The van der Waals surface area contributed by atoms with Crippen molar-refractivity contribution in [2.24, 2.45) is 7.05 Å². The zero-order valence-corrected chi connectivity index (χ0v) is 26.5. The van der Waals surface area contributed by atoms with E-state index in [2.05, 4.69) is 21.3 Å². The van der Waals surface area contributed by atoms with Crippen molar-refractivity contribution < 1.29 is 26.9 Å². The highest BCUT2D eigenvalue weighted by Crippen LogP contribution is 2.39. The fourth-order valence-corrected chi connectivity index (χ4v) is 6.87. The molecule has 2 aliphatic rings. The van der Waals surface area contributed by atoms with Gasteiger partial charge in [-0.3, -0.25) is 9.69 Å². The highest BCUT2D eigenvalue weighted by molar-refractivity contribution is 7.87. The maximum Gasteiger partial charge on any atom is 0.419 e. The second-order valence-electron chi connectivity index (χ2n) is 12.5. The molecule has 1 amide bonds. The highest BCUT2D eigenvalue weighted by atomic mass is 32.2. The maximum atomic E-state index is 13.7. The van der Waals surface area contributed by atoms with Crippen molar-refractivity contribution in [3.8, 4) is 17.0 Å². The molecule has 2 aliphatic heterocycles. The third-order valence-corrected chi connectivity index (χ3v) is 9.15. The molecule has 11 nitrogen and oxygen atoms in total. The zero-order chi connectivity index (χ0) is 31.4. The van der Waals surface area contributed by atoms with E-state index in [4.69, 9.17) is 8.92 Å².